The van der Waals surface area contributed by atoms with Crippen LogP contribution in [0, 0.1) is 0 Å². The number of rotatable bonds is 12. The number of thioether (sulfide) groups is 1. The lowest BCUT2D eigenvalue weighted by Crippen LogP contribution is -2.57. The molecule has 36 heavy (non-hydrogen) atoms. The number of thiol groups is 1. The standard InChI is InChI=1S/C24H33N5O5S2/c1-36-10-8-18(24(33)34)27-22(31)20-7-4-9-29(20)23(32)19(28-21(30)16(25)13-35)11-14-12-26-17-6-3-2-5-15(14)17/h2-3,5-6,12,16,18-20,26,35H,4,7-11,13,25H2,1H3,(H,27,31)(H,28,30)(H,33,34). The van der Waals surface area contributed by atoms with Gasteiger partial charge in [0.25, 0.3) is 0 Å². The van der Waals surface area contributed by atoms with Gasteiger partial charge in [0.15, 0.2) is 0 Å². The summed E-state index contributed by atoms with van der Waals surface area (Å²) in [6, 6.07) is 3.95. The topological polar surface area (TPSA) is 158 Å². The van der Waals surface area contributed by atoms with E-state index < -0.39 is 47.9 Å². The number of carbonyl (C=O) groups is 4. The molecule has 0 bridgehead atoms. The van der Waals surface area contributed by atoms with Gasteiger partial charge in [0, 0.05) is 35.8 Å². The molecule has 3 amide bonds. The maximum Gasteiger partial charge on any atom is 0.326 e. The fourth-order valence-electron chi connectivity index (χ4n) is 4.35. The fourth-order valence-corrected chi connectivity index (χ4v) is 4.98. The van der Waals surface area contributed by atoms with Crippen molar-refractivity contribution in [3.63, 3.8) is 0 Å². The van der Waals surface area contributed by atoms with E-state index in [0.717, 1.165) is 16.5 Å². The number of aliphatic carboxylic acids is 1. The summed E-state index contributed by atoms with van der Waals surface area (Å²) in [5, 5.41) is 15.7. The number of aromatic amines is 1. The number of hydrogen-bond acceptors (Lipinski definition) is 7. The number of carboxylic acid groups (broad SMARTS) is 1. The summed E-state index contributed by atoms with van der Waals surface area (Å²) in [5.41, 5.74) is 7.58. The van der Waals surface area contributed by atoms with Crippen LogP contribution in [0.25, 0.3) is 10.9 Å². The Morgan fingerprint density at radius 1 is 1.25 bits per heavy atom. The Morgan fingerprint density at radius 3 is 2.69 bits per heavy atom. The van der Waals surface area contributed by atoms with E-state index in [9.17, 15) is 24.3 Å². The second-order valence-corrected chi connectivity index (χ2v) is 10.1. The Labute approximate surface area is 219 Å². The van der Waals surface area contributed by atoms with Gasteiger partial charge < -0.3 is 31.4 Å². The average Bonchev–Trinajstić information content (AvgIpc) is 3.52. The highest BCUT2D eigenvalue weighted by Crippen LogP contribution is 2.23. The minimum atomic E-state index is -1.11. The number of nitrogens with two attached hydrogens (primary N) is 1. The van der Waals surface area contributed by atoms with Crippen molar-refractivity contribution in [1.29, 1.82) is 0 Å². The average molecular weight is 536 g/mol. The number of aromatic nitrogens is 1. The maximum atomic E-state index is 13.7. The summed E-state index contributed by atoms with van der Waals surface area (Å²) >= 11 is 5.57. The molecule has 4 atom stereocenters. The molecule has 2 heterocycles. The normalized spacial score (nSPS) is 18.0. The van der Waals surface area contributed by atoms with E-state index in [4.69, 9.17) is 5.73 Å². The molecule has 12 heteroatoms. The van der Waals surface area contributed by atoms with Gasteiger partial charge in [-0.25, -0.2) is 4.79 Å². The summed E-state index contributed by atoms with van der Waals surface area (Å²) < 4.78 is 0. The number of H-pyrrole nitrogens is 1. The predicted molar refractivity (Wildman–Crippen MR) is 143 cm³/mol. The maximum absolute atomic E-state index is 13.7. The third kappa shape index (κ3) is 6.74. The van der Waals surface area contributed by atoms with Gasteiger partial charge in [0.05, 0.1) is 6.04 Å². The fraction of sp³-hybridized carbons (Fsp3) is 0.500. The molecule has 2 aromatic rings. The Hall–Kier alpha value is -2.70. The van der Waals surface area contributed by atoms with Crippen LogP contribution >= 0.6 is 24.4 Å². The number of amides is 3. The van der Waals surface area contributed by atoms with Crippen molar-refractivity contribution in [1.82, 2.24) is 20.5 Å². The number of likely N-dealkylation sites (tertiary alicyclic amines) is 1. The molecule has 4 unspecified atom stereocenters. The van der Waals surface area contributed by atoms with Crippen molar-refractivity contribution in [2.75, 3.05) is 24.3 Å². The zero-order valence-corrected chi connectivity index (χ0v) is 21.8. The van der Waals surface area contributed by atoms with Gasteiger partial charge in [-0.1, -0.05) is 18.2 Å². The minimum Gasteiger partial charge on any atom is -0.480 e. The summed E-state index contributed by atoms with van der Waals surface area (Å²) in [6.45, 7) is 0.332. The van der Waals surface area contributed by atoms with Crippen molar-refractivity contribution in [2.45, 2.75) is 49.9 Å². The van der Waals surface area contributed by atoms with Crippen molar-refractivity contribution < 1.29 is 24.3 Å². The molecule has 0 radical (unpaired) electrons. The zero-order chi connectivity index (χ0) is 26.2. The van der Waals surface area contributed by atoms with Crippen LogP contribution in [-0.2, 0) is 25.6 Å². The van der Waals surface area contributed by atoms with E-state index in [-0.39, 0.29) is 18.6 Å². The third-order valence-electron chi connectivity index (χ3n) is 6.31. The lowest BCUT2D eigenvalue weighted by Gasteiger charge is -2.30. The van der Waals surface area contributed by atoms with Gasteiger partial charge in [-0.2, -0.15) is 24.4 Å². The summed E-state index contributed by atoms with van der Waals surface area (Å²) in [7, 11) is 0. The Balaban J connectivity index is 1.81. The first-order valence-corrected chi connectivity index (χ1v) is 13.8. The lowest BCUT2D eigenvalue weighted by molar-refractivity contribution is -0.144. The number of carboxylic acids is 1. The largest absolute Gasteiger partial charge is 0.480 e. The number of hydrogen-bond donors (Lipinski definition) is 6. The lowest BCUT2D eigenvalue weighted by atomic mass is 10.0. The Bertz CT molecular complexity index is 1090. The second-order valence-electron chi connectivity index (χ2n) is 8.78. The molecule has 3 rings (SSSR count). The van der Waals surface area contributed by atoms with Gasteiger partial charge in [0.1, 0.15) is 18.1 Å². The SMILES string of the molecule is CSCCC(NC(=O)C1CCCN1C(=O)C(Cc1c[nH]c2ccccc12)NC(=O)C(N)CS)C(=O)O. The molecular weight excluding hydrogens is 502 g/mol. The summed E-state index contributed by atoms with van der Waals surface area (Å²) in [4.78, 5) is 55.6. The molecule has 1 fully saturated rings. The molecule has 0 saturated carbocycles. The third-order valence-corrected chi connectivity index (χ3v) is 7.35. The van der Waals surface area contributed by atoms with Crippen molar-refractivity contribution in [3.05, 3.63) is 36.0 Å². The summed E-state index contributed by atoms with van der Waals surface area (Å²) in [5.74, 6) is -1.84. The van der Waals surface area contributed by atoms with Crippen LogP contribution in [0.3, 0.4) is 0 Å². The molecule has 6 N–H and O–H groups in total. The number of nitrogens with zero attached hydrogens (tertiary/aromatic N) is 1. The molecule has 1 aromatic carbocycles. The van der Waals surface area contributed by atoms with Crippen LogP contribution in [0.4, 0.5) is 0 Å². The van der Waals surface area contributed by atoms with Crippen molar-refractivity contribution >= 4 is 59.0 Å². The van der Waals surface area contributed by atoms with Gasteiger partial charge in [-0.3, -0.25) is 14.4 Å². The molecule has 0 aliphatic carbocycles. The molecule has 1 saturated heterocycles. The first-order chi connectivity index (χ1) is 17.3. The Morgan fingerprint density at radius 2 is 2.00 bits per heavy atom. The van der Waals surface area contributed by atoms with Gasteiger partial charge in [-0.05, 0) is 42.9 Å². The highest BCUT2D eigenvalue weighted by atomic mass is 32.2. The molecule has 10 nitrogen and oxygen atoms in total. The van der Waals surface area contributed by atoms with Crippen molar-refractivity contribution in [3.8, 4) is 0 Å². The molecule has 1 aromatic heterocycles. The van der Waals surface area contributed by atoms with Crippen LogP contribution in [0.1, 0.15) is 24.8 Å². The van der Waals surface area contributed by atoms with Gasteiger partial charge >= 0.3 is 5.97 Å². The van der Waals surface area contributed by atoms with Crippen LogP contribution in [0.5, 0.6) is 0 Å². The number of para-hydroxylation sites is 1. The number of carbonyl (C=O) groups excluding carboxylic acids is 3. The van der Waals surface area contributed by atoms with Crippen LogP contribution < -0.4 is 16.4 Å². The number of benzene rings is 1. The van der Waals surface area contributed by atoms with Gasteiger partial charge in [0.2, 0.25) is 17.7 Å². The summed E-state index contributed by atoms with van der Waals surface area (Å²) in [6.07, 6.45) is 5.15. The number of fused-ring (bicyclic) bond motifs is 1. The number of nitrogens with one attached hydrogen (secondary N) is 3. The Kier molecular flexibility index (Phi) is 10.1. The van der Waals surface area contributed by atoms with Crippen LogP contribution in [0.2, 0.25) is 0 Å². The molecular formula is C24H33N5O5S2. The van der Waals surface area contributed by atoms with E-state index in [0.29, 0.717) is 25.1 Å². The quantitative estimate of drug-likeness (QED) is 0.219. The molecule has 0 spiro atoms. The predicted octanol–water partition coefficient (Wildman–Crippen LogP) is 0.766. The van der Waals surface area contributed by atoms with E-state index in [1.54, 1.807) is 6.20 Å². The molecule has 1 aliphatic heterocycles. The first-order valence-electron chi connectivity index (χ1n) is 11.8. The van der Waals surface area contributed by atoms with E-state index in [2.05, 4.69) is 28.2 Å². The molecule has 1 aliphatic rings. The smallest absolute Gasteiger partial charge is 0.326 e. The van der Waals surface area contributed by atoms with E-state index in [1.165, 1.54) is 16.7 Å². The van der Waals surface area contributed by atoms with E-state index in [1.807, 2.05) is 30.5 Å². The van der Waals surface area contributed by atoms with Gasteiger partial charge in [-0.15, -0.1) is 0 Å². The van der Waals surface area contributed by atoms with E-state index >= 15 is 0 Å². The second kappa shape index (κ2) is 13.0. The van der Waals surface area contributed by atoms with Crippen LogP contribution in [-0.4, -0.2) is 87.2 Å². The minimum absolute atomic E-state index is 0.112. The molecule has 196 valence electrons. The van der Waals surface area contributed by atoms with Crippen molar-refractivity contribution in [2.24, 2.45) is 5.73 Å². The first kappa shape index (κ1) is 27.9. The highest BCUT2D eigenvalue weighted by Gasteiger charge is 2.39. The van der Waals surface area contributed by atoms with Crippen LogP contribution in [0.15, 0.2) is 30.5 Å². The highest BCUT2D eigenvalue weighted by molar-refractivity contribution is 7.98. The monoisotopic (exact) mass is 535 g/mol. The zero-order valence-electron chi connectivity index (χ0n) is 20.1.